The van der Waals surface area contributed by atoms with Crippen LogP contribution in [0.4, 0.5) is 4.39 Å². The molecule has 2 fully saturated rings. The van der Waals surface area contributed by atoms with Crippen molar-refractivity contribution in [3.8, 4) is 0 Å². The first-order chi connectivity index (χ1) is 38.8. The molecule has 0 unspecified atom stereocenters. The number of benzene rings is 1. The van der Waals surface area contributed by atoms with Gasteiger partial charge < -0.3 is 57.7 Å². The van der Waals surface area contributed by atoms with Gasteiger partial charge in [-0.1, -0.05) is 80.6 Å². The van der Waals surface area contributed by atoms with Crippen molar-refractivity contribution in [3.05, 3.63) is 35.6 Å². The van der Waals surface area contributed by atoms with E-state index in [9.17, 15) is 52.3 Å². The molecule has 1 aromatic carbocycles. The van der Waals surface area contributed by atoms with Crippen molar-refractivity contribution in [1.82, 2.24) is 57.7 Å². The molecule has 0 radical (unpaired) electrons. The summed E-state index contributed by atoms with van der Waals surface area (Å²) >= 11 is 0. The van der Waals surface area contributed by atoms with Crippen LogP contribution in [0.5, 0.6) is 0 Å². The van der Waals surface area contributed by atoms with Crippen LogP contribution in [0.15, 0.2) is 24.3 Å². The van der Waals surface area contributed by atoms with Crippen LogP contribution in [-0.2, 0) is 43.2 Å². The number of carbonyl (C=O) groups excluding carboxylic acids is 10. The summed E-state index contributed by atoms with van der Waals surface area (Å²) in [5.74, 6) is -6.36. The summed E-state index contributed by atoms with van der Waals surface area (Å²) in [6, 6.07) is -0.349. The van der Waals surface area contributed by atoms with Gasteiger partial charge in [0, 0.05) is 37.2 Å². The molecule has 22 heteroatoms. The van der Waals surface area contributed by atoms with Crippen LogP contribution in [0.2, 0.25) is 0 Å². The highest BCUT2D eigenvalue weighted by atomic mass is 19.1. The van der Waals surface area contributed by atoms with E-state index in [1.165, 1.54) is 70.7 Å². The second-order valence-electron chi connectivity index (χ2n) is 27.5. The first-order valence-corrected chi connectivity index (χ1v) is 30.3. The van der Waals surface area contributed by atoms with E-state index in [0.717, 1.165) is 32.1 Å². The fourth-order valence-corrected chi connectivity index (χ4v) is 10.9. The van der Waals surface area contributed by atoms with E-state index >= 15 is 0 Å². The van der Waals surface area contributed by atoms with Gasteiger partial charge in [0.1, 0.15) is 52.6 Å². The number of likely N-dealkylation sites (N-methyl/N-ethyl adjacent to an activating group) is 1. The van der Waals surface area contributed by atoms with E-state index in [1.807, 2.05) is 81.3 Å². The fourth-order valence-electron chi connectivity index (χ4n) is 10.9. The first-order valence-electron chi connectivity index (χ1n) is 30.3. The topological polar surface area (TPSA) is 285 Å². The van der Waals surface area contributed by atoms with E-state index in [1.54, 1.807) is 0 Å². The summed E-state index contributed by atoms with van der Waals surface area (Å²) in [5.41, 5.74) is -4.98. The van der Waals surface area contributed by atoms with E-state index < -0.39 is 111 Å². The van der Waals surface area contributed by atoms with Gasteiger partial charge in [-0.15, -0.1) is 0 Å². The molecule has 0 spiro atoms. The van der Waals surface area contributed by atoms with Crippen molar-refractivity contribution in [2.45, 2.75) is 233 Å². The lowest BCUT2D eigenvalue weighted by atomic mass is 9.85. The summed E-state index contributed by atoms with van der Waals surface area (Å²) < 4.78 is 13.8. The molecule has 21 nitrogen and oxygen atoms in total. The minimum absolute atomic E-state index is 0.00900. The van der Waals surface area contributed by atoms with Gasteiger partial charge in [-0.05, 0) is 162 Å². The number of carbonyl (C=O) groups is 10. The lowest BCUT2D eigenvalue weighted by Crippen LogP contribution is -2.65. The maximum absolute atomic E-state index is 14.5. The Balaban J connectivity index is 1.75. The molecule has 6 atom stereocenters. The minimum atomic E-state index is -1.66. The second kappa shape index (κ2) is 31.8. The van der Waals surface area contributed by atoms with Crippen LogP contribution in [-0.4, -0.2) is 155 Å². The Morgan fingerprint density at radius 2 is 1.07 bits per heavy atom. The van der Waals surface area contributed by atoms with Crippen molar-refractivity contribution in [2.24, 2.45) is 29.6 Å². The Hall–Kier alpha value is -6.19. The number of hydrogen-bond acceptors (Lipinski definition) is 11. The van der Waals surface area contributed by atoms with Gasteiger partial charge in [0.15, 0.2) is 0 Å². The molecule has 1 aromatic rings. The molecule has 9 N–H and O–H groups in total. The van der Waals surface area contributed by atoms with Crippen LogP contribution in [0.1, 0.15) is 191 Å². The smallest absolute Gasteiger partial charge is 0.254 e. The van der Waals surface area contributed by atoms with Gasteiger partial charge in [-0.3, -0.25) is 47.9 Å². The highest BCUT2D eigenvalue weighted by molar-refractivity contribution is 6.01. The van der Waals surface area contributed by atoms with Crippen LogP contribution >= 0.6 is 0 Å². The van der Waals surface area contributed by atoms with Crippen LogP contribution < -0.4 is 47.9 Å². The predicted octanol–water partition coefficient (Wildman–Crippen LogP) is 4.76. The molecule has 1 saturated heterocycles. The third-order valence-electron chi connectivity index (χ3n) is 15.2. The third kappa shape index (κ3) is 23.7. The van der Waals surface area contributed by atoms with Crippen molar-refractivity contribution < 1.29 is 52.3 Å². The highest BCUT2D eigenvalue weighted by Crippen LogP contribution is 2.29. The zero-order valence-electron chi connectivity index (χ0n) is 53.5. The molecule has 1 saturated carbocycles. The summed E-state index contributed by atoms with van der Waals surface area (Å²) in [6.45, 7) is 26.6. The van der Waals surface area contributed by atoms with Crippen molar-refractivity contribution in [1.29, 1.82) is 0 Å². The molecule has 2 aliphatic rings. The Bertz CT molecular complexity index is 2440. The molecule has 1 aliphatic carbocycles. The second-order valence-corrected chi connectivity index (χ2v) is 27.5. The molecular weight excluding hydrogens is 1080 g/mol. The Kier molecular flexibility index (Phi) is 27.3. The average Bonchev–Trinajstić information content (AvgIpc) is 4.03. The van der Waals surface area contributed by atoms with E-state index in [-0.39, 0.29) is 73.8 Å². The standard InChI is InChI=1S/C62H104FN11O10/c1-37(2)31-45(51(77)67-47(33-39(5)6)53(79)71-62(14,15)58(84)72-60(10,11)56(82)64-30-29-49(75)69-59(8,9)36-73(16)17)68-57(83)61(12,13)70-52(78)46(32-38(3)4)66-50(76)44(28-23-41-21-19-18-20-22-41)65-54(80)48-34-40(7)35-74(48)55(81)42-24-26-43(63)27-25-42/h24-27,37-41,44-48H,18-23,28-36H2,1-17H3,(H,64,82)(H,65,80)(H,66,76)(H,67,77)(H,68,83)(H,69,75)(H,70,78)(H,71,79)(H,72,84)/t40-,44-,45-,46-,47-,48-/m0/s1. The van der Waals surface area contributed by atoms with Gasteiger partial charge in [0.2, 0.25) is 53.2 Å². The van der Waals surface area contributed by atoms with Crippen molar-refractivity contribution >= 4 is 59.1 Å². The summed E-state index contributed by atoms with van der Waals surface area (Å²) in [5, 5.41) is 25.3. The number of hydrogen-bond donors (Lipinski definition) is 9. The quantitative estimate of drug-likeness (QED) is 0.0489. The molecule has 84 heavy (non-hydrogen) atoms. The maximum Gasteiger partial charge on any atom is 0.254 e. The predicted molar refractivity (Wildman–Crippen MR) is 322 cm³/mol. The van der Waals surface area contributed by atoms with Crippen molar-refractivity contribution in [2.75, 3.05) is 33.7 Å². The lowest BCUT2D eigenvalue weighted by molar-refractivity contribution is -0.139. The van der Waals surface area contributed by atoms with Crippen LogP contribution in [0.25, 0.3) is 0 Å². The summed E-state index contributed by atoms with van der Waals surface area (Å²) in [7, 11) is 3.80. The van der Waals surface area contributed by atoms with Crippen LogP contribution in [0, 0.1) is 35.4 Å². The van der Waals surface area contributed by atoms with Crippen LogP contribution in [0.3, 0.4) is 0 Å². The SMILES string of the molecule is CC(C)C[C@H](NC(=O)[C@H](CCC1CCCCC1)NC(=O)[C@@H]1C[C@H](C)CN1C(=O)c1ccc(F)cc1)C(=O)NC(C)(C)C(=O)N[C@@H](CC(C)C)C(=O)N[C@@H](CC(C)C)C(=O)NC(C)(C)C(=O)NC(C)(C)C(=O)NCCC(=O)NC(C)(C)CN(C)C. The molecule has 0 aromatic heterocycles. The van der Waals surface area contributed by atoms with E-state index in [4.69, 9.17) is 0 Å². The third-order valence-corrected chi connectivity index (χ3v) is 15.2. The Labute approximate surface area is 499 Å². The van der Waals surface area contributed by atoms with Gasteiger partial charge in [0.05, 0.1) is 0 Å². The van der Waals surface area contributed by atoms with Gasteiger partial charge in [-0.25, -0.2) is 4.39 Å². The number of nitrogens with one attached hydrogen (secondary N) is 9. The monoisotopic (exact) mass is 1180 g/mol. The number of amides is 10. The molecule has 1 aliphatic heterocycles. The Morgan fingerprint density at radius 1 is 0.595 bits per heavy atom. The largest absolute Gasteiger partial charge is 0.354 e. The normalized spacial score (nSPS) is 17.6. The summed E-state index contributed by atoms with van der Waals surface area (Å²) in [4.78, 5) is 143. The number of likely N-dealkylation sites (tertiary alicyclic amines) is 1. The molecule has 0 bridgehead atoms. The average molecular weight is 1180 g/mol. The summed E-state index contributed by atoms with van der Waals surface area (Å²) in [6.07, 6.45) is 7.01. The van der Waals surface area contributed by atoms with Crippen molar-refractivity contribution in [3.63, 3.8) is 0 Å². The highest BCUT2D eigenvalue weighted by Gasteiger charge is 2.43. The van der Waals surface area contributed by atoms with E-state index in [0.29, 0.717) is 31.8 Å². The van der Waals surface area contributed by atoms with Gasteiger partial charge >= 0.3 is 0 Å². The lowest BCUT2D eigenvalue weighted by Gasteiger charge is -2.34. The van der Waals surface area contributed by atoms with Gasteiger partial charge in [0.25, 0.3) is 5.91 Å². The minimum Gasteiger partial charge on any atom is -0.354 e. The number of nitrogens with zero attached hydrogens (tertiary/aromatic N) is 2. The number of halogens is 1. The molecular formula is C62H104FN11O10. The first kappa shape index (κ1) is 72.1. The van der Waals surface area contributed by atoms with Gasteiger partial charge in [-0.2, -0.15) is 0 Å². The zero-order valence-corrected chi connectivity index (χ0v) is 53.5. The maximum atomic E-state index is 14.5. The van der Waals surface area contributed by atoms with E-state index in [2.05, 4.69) is 47.9 Å². The fraction of sp³-hybridized carbons (Fsp3) is 0.742. The molecule has 474 valence electrons. The molecule has 1 heterocycles. The number of rotatable bonds is 31. The zero-order chi connectivity index (χ0) is 63.7. The molecule has 3 rings (SSSR count). The Morgan fingerprint density at radius 3 is 1.57 bits per heavy atom. The molecule has 10 amide bonds.